The van der Waals surface area contributed by atoms with Gasteiger partial charge in [0.15, 0.2) is 11.2 Å². The van der Waals surface area contributed by atoms with Crippen molar-refractivity contribution in [2.24, 2.45) is 5.41 Å². The highest BCUT2D eigenvalue weighted by atomic mass is 16.6. The van der Waals surface area contributed by atoms with Crippen molar-refractivity contribution >= 4 is 17.8 Å². The topological polar surface area (TPSA) is 81.7 Å². The first-order chi connectivity index (χ1) is 12.6. The summed E-state index contributed by atoms with van der Waals surface area (Å²) in [4.78, 5) is 38.4. The molecule has 0 saturated heterocycles. The largest absolute Gasteiger partial charge is 0.468 e. The van der Waals surface area contributed by atoms with Crippen LogP contribution in [0.4, 0.5) is 4.79 Å². The zero-order valence-corrected chi connectivity index (χ0v) is 16.8. The Bertz CT molecular complexity index is 712. The van der Waals surface area contributed by atoms with Gasteiger partial charge in [0, 0.05) is 6.42 Å². The van der Waals surface area contributed by atoms with Crippen LogP contribution in [-0.2, 0) is 19.1 Å². The fourth-order valence-corrected chi connectivity index (χ4v) is 3.64. The number of esters is 1. The number of nitrogens with one attached hydrogen (secondary N) is 1. The summed E-state index contributed by atoms with van der Waals surface area (Å²) in [7, 11) is 1.27. The van der Waals surface area contributed by atoms with E-state index in [9.17, 15) is 14.4 Å². The minimum Gasteiger partial charge on any atom is -0.468 e. The number of methoxy groups -OCH3 is 1. The molecule has 1 aromatic rings. The third kappa shape index (κ3) is 4.67. The molecule has 0 bridgehead atoms. The van der Waals surface area contributed by atoms with Crippen molar-refractivity contribution in [2.75, 3.05) is 7.11 Å². The molecule has 6 nitrogen and oxygen atoms in total. The predicted octanol–water partition coefficient (Wildman–Crippen LogP) is 3.86. The van der Waals surface area contributed by atoms with Crippen LogP contribution < -0.4 is 5.32 Å². The zero-order valence-electron chi connectivity index (χ0n) is 16.8. The number of alkyl carbamates (subject to hydrolysis) is 1. The number of hydrogen-bond donors (Lipinski definition) is 1. The molecule has 1 N–H and O–H groups in total. The molecule has 6 heteroatoms. The normalized spacial score (nSPS) is 21.3. The molecule has 1 fully saturated rings. The van der Waals surface area contributed by atoms with Crippen molar-refractivity contribution in [1.82, 2.24) is 5.32 Å². The molecule has 1 aliphatic rings. The second-order valence-corrected chi connectivity index (χ2v) is 8.09. The molecular weight excluding hydrogens is 346 g/mol. The number of amides is 1. The molecule has 0 aliphatic heterocycles. The van der Waals surface area contributed by atoms with Gasteiger partial charge in [-0.1, -0.05) is 36.2 Å². The Hall–Kier alpha value is -2.37. The van der Waals surface area contributed by atoms with Gasteiger partial charge in [-0.3, -0.25) is 9.59 Å². The quantitative estimate of drug-likeness (QED) is 0.638. The van der Waals surface area contributed by atoms with E-state index in [0.717, 1.165) is 12.0 Å². The molecule has 1 amide bonds. The monoisotopic (exact) mass is 375 g/mol. The van der Waals surface area contributed by atoms with Crippen LogP contribution in [0.25, 0.3) is 0 Å². The first kappa shape index (κ1) is 20.9. The number of ether oxygens (including phenoxy) is 2. The summed E-state index contributed by atoms with van der Waals surface area (Å²) in [6, 6.07) is 6.58. The molecule has 1 saturated carbocycles. The standard InChI is InChI=1S/C21H29NO5/c1-14-9-8-10-15(13-14)17(22-19(25)27-20(2,3)4)21(18(24)26-5)12-7-6-11-16(21)23/h8-10,13,17H,6-7,11-12H2,1-5H3,(H,22,25)/t17-,21-/m1/s1. The van der Waals surface area contributed by atoms with E-state index in [4.69, 9.17) is 9.47 Å². The van der Waals surface area contributed by atoms with Crippen molar-refractivity contribution < 1.29 is 23.9 Å². The number of carbonyl (C=O) groups is 3. The average Bonchev–Trinajstić information content (AvgIpc) is 2.58. The van der Waals surface area contributed by atoms with Gasteiger partial charge in [-0.25, -0.2) is 4.79 Å². The minimum absolute atomic E-state index is 0.205. The van der Waals surface area contributed by atoms with Crippen LogP contribution in [-0.4, -0.2) is 30.6 Å². The van der Waals surface area contributed by atoms with E-state index in [1.165, 1.54) is 7.11 Å². The van der Waals surface area contributed by atoms with Crippen LogP contribution in [0.15, 0.2) is 24.3 Å². The summed E-state index contributed by atoms with van der Waals surface area (Å²) in [6.07, 6.45) is 1.37. The van der Waals surface area contributed by atoms with Gasteiger partial charge in [0.2, 0.25) is 0 Å². The maximum atomic E-state index is 13.0. The number of Topliss-reactive ketones (excluding diaryl/α,β-unsaturated/α-hetero) is 1. The second kappa shape index (κ2) is 8.11. The fraction of sp³-hybridized carbons (Fsp3) is 0.571. The Labute approximate surface area is 160 Å². The fourth-order valence-electron chi connectivity index (χ4n) is 3.64. The van der Waals surface area contributed by atoms with Crippen LogP contribution in [0, 0.1) is 12.3 Å². The maximum Gasteiger partial charge on any atom is 0.408 e. The number of carbonyl (C=O) groups excluding carboxylic acids is 3. The molecule has 2 atom stereocenters. The van der Waals surface area contributed by atoms with E-state index >= 15 is 0 Å². The number of aryl methyl sites for hydroxylation is 1. The summed E-state index contributed by atoms with van der Waals surface area (Å²) >= 11 is 0. The third-order valence-corrected chi connectivity index (χ3v) is 4.80. The lowest BCUT2D eigenvalue weighted by molar-refractivity contribution is -0.162. The van der Waals surface area contributed by atoms with Gasteiger partial charge in [0.25, 0.3) is 0 Å². The minimum atomic E-state index is -1.45. The average molecular weight is 375 g/mol. The highest BCUT2D eigenvalue weighted by molar-refractivity contribution is 6.05. The van der Waals surface area contributed by atoms with Gasteiger partial charge in [-0.2, -0.15) is 0 Å². The van der Waals surface area contributed by atoms with Crippen molar-refractivity contribution in [3.05, 3.63) is 35.4 Å². The Morgan fingerprint density at radius 1 is 1.22 bits per heavy atom. The SMILES string of the molecule is COC(=O)[C@]1([C@H](NC(=O)OC(C)(C)C)c2cccc(C)c2)CCCCC1=O. The summed E-state index contributed by atoms with van der Waals surface area (Å²) < 4.78 is 10.4. The summed E-state index contributed by atoms with van der Waals surface area (Å²) in [5.74, 6) is -0.821. The lowest BCUT2D eigenvalue weighted by Gasteiger charge is -2.40. The first-order valence-corrected chi connectivity index (χ1v) is 9.28. The molecule has 0 radical (unpaired) electrons. The Morgan fingerprint density at radius 2 is 1.93 bits per heavy atom. The molecule has 1 aliphatic carbocycles. The van der Waals surface area contributed by atoms with Crippen molar-refractivity contribution in [1.29, 1.82) is 0 Å². The van der Waals surface area contributed by atoms with E-state index < -0.39 is 29.1 Å². The number of ketones is 1. The van der Waals surface area contributed by atoms with Crippen LogP contribution >= 0.6 is 0 Å². The predicted molar refractivity (Wildman–Crippen MR) is 101 cm³/mol. The van der Waals surface area contributed by atoms with Crippen LogP contribution in [0.2, 0.25) is 0 Å². The third-order valence-electron chi connectivity index (χ3n) is 4.80. The lowest BCUT2D eigenvalue weighted by Crippen LogP contribution is -2.53. The van der Waals surface area contributed by atoms with Crippen molar-refractivity contribution in [3.63, 3.8) is 0 Å². The van der Waals surface area contributed by atoms with Gasteiger partial charge in [0.05, 0.1) is 13.2 Å². The van der Waals surface area contributed by atoms with Crippen molar-refractivity contribution in [2.45, 2.75) is 65.0 Å². The zero-order chi connectivity index (χ0) is 20.2. The van der Waals surface area contributed by atoms with Crippen molar-refractivity contribution in [3.8, 4) is 0 Å². The van der Waals surface area contributed by atoms with Gasteiger partial charge < -0.3 is 14.8 Å². The molecule has 0 heterocycles. The Kier molecular flexibility index (Phi) is 6.29. The first-order valence-electron chi connectivity index (χ1n) is 9.28. The summed E-state index contributed by atoms with van der Waals surface area (Å²) in [5, 5.41) is 2.79. The molecular formula is C21H29NO5. The van der Waals surface area contributed by atoms with Gasteiger partial charge in [-0.15, -0.1) is 0 Å². The summed E-state index contributed by atoms with van der Waals surface area (Å²) in [6.45, 7) is 7.20. The molecule has 27 heavy (non-hydrogen) atoms. The second-order valence-electron chi connectivity index (χ2n) is 8.09. The molecule has 0 aromatic heterocycles. The van der Waals surface area contributed by atoms with Gasteiger partial charge in [-0.05, 0) is 46.1 Å². The van der Waals surface area contributed by atoms with Gasteiger partial charge >= 0.3 is 12.1 Å². The summed E-state index contributed by atoms with van der Waals surface area (Å²) in [5.41, 5.74) is -0.498. The van der Waals surface area contributed by atoms with E-state index in [2.05, 4.69) is 5.32 Å². The maximum absolute atomic E-state index is 13.0. The molecule has 1 aromatic carbocycles. The number of rotatable bonds is 4. The molecule has 0 unspecified atom stereocenters. The van der Waals surface area contributed by atoms with E-state index in [0.29, 0.717) is 18.4 Å². The Balaban J connectivity index is 2.53. The highest BCUT2D eigenvalue weighted by Crippen LogP contribution is 2.45. The van der Waals surface area contributed by atoms with E-state index in [1.54, 1.807) is 20.8 Å². The lowest BCUT2D eigenvalue weighted by atomic mass is 9.66. The van der Waals surface area contributed by atoms with Gasteiger partial charge in [0.1, 0.15) is 5.60 Å². The highest BCUT2D eigenvalue weighted by Gasteiger charge is 2.55. The van der Waals surface area contributed by atoms with E-state index in [1.807, 2.05) is 31.2 Å². The number of benzene rings is 1. The van der Waals surface area contributed by atoms with E-state index in [-0.39, 0.29) is 12.2 Å². The smallest absolute Gasteiger partial charge is 0.408 e. The molecule has 2 rings (SSSR count). The van der Waals surface area contributed by atoms with Crippen LogP contribution in [0.3, 0.4) is 0 Å². The molecule has 0 spiro atoms. The van der Waals surface area contributed by atoms with Crippen LogP contribution in [0.1, 0.15) is 63.6 Å². The number of hydrogen-bond acceptors (Lipinski definition) is 5. The molecule has 148 valence electrons. The Morgan fingerprint density at radius 3 is 2.48 bits per heavy atom. The van der Waals surface area contributed by atoms with Crippen LogP contribution in [0.5, 0.6) is 0 Å².